The molecule has 9 N–H and O–H groups in total. The van der Waals surface area contributed by atoms with Gasteiger partial charge in [0.25, 0.3) is 0 Å². The van der Waals surface area contributed by atoms with Gasteiger partial charge in [-0.25, -0.2) is 0 Å². The number of aliphatic carboxylic acids is 3. The maximum absolute atomic E-state index is 10.0. The molecule has 0 saturated carbocycles. The van der Waals surface area contributed by atoms with E-state index in [2.05, 4.69) is 0 Å². The molecule has 120 valence electrons. The lowest BCUT2D eigenvalue weighted by molar-refractivity contribution is -0.139. The number of unbranched alkanes of at least 4 members (excludes halogenated alkanes) is 1. The van der Waals surface area contributed by atoms with E-state index < -0.39 is 23.9 Å². The van der Waals surface area contributed by atoms with Crippen LogP contribution in [0.4, 0.5) is 0 Å². The molecule has 1 atom stereocenters. The van der Waals surface area contributed by atoms with Crippen molar-refractivity contribution in [3.8, 4) is 0 Å². The van der Waals surface area contributed by atoms with Gasteiger partial charge in [0.2, 0.25) is 0 Å². The van der Waals surface area contributed by atoms with Crippen molar-refractivity contribution in [3.63, 3.8) is 0 Å². The van der Waals surface area contributed by atoms with Gasteiger partial charge in [-0.05, 0) is 32.2 Å². The topological polar surface area (TPSA) is 195 Å². The molecule has 0 saturated heterocycles. The molecule has 0 aromatic rings. The van der Waals surface area contributed by atoms with Gasteiger partial charge >= 0.3 is 17.9 Å². The molecule has 0 heterocycles. The van der Waals surface area contributed by atoms with E-state index in [1.54, 1.807) is 0 Å². The van der Waals surface area contributed by atoms with Gasteiger partial charge in [-0.2, -0.15) is 0 Å². The van der Waals surface area contributed by atoms with Crippen LogP contribution in [0.25, 0.3) is 0 Å². The van der Waals surface area contributed by atoms with Crippen LogP contribution < -0.4 is 11.5 Å². The maximum Gasteiger partial charge on any atom is 0.320 e. The molecule has 0 aromatic carbocycles. The molecule has 0 aromatic heterocycles. The predicted molar refractivity (Wildman–Crippen MR) is 71.3 cm³/mol. The molecule has 9 heteroatoms. The summed E-state index contributed by atoms with van der Waals surface area (Å²) in [5, 5.41) is 24.5. The fourth-order valence-electron chi connectivity index (χ4n) is 1.01. The highest BCUT2D eigenvalue weighted by molar-refractivity contribution is 5.72. The lowest BCUT2D eigenvalue weighted by atomic mass is 10.2. The smallest absolute Gasteiger partial charge is 0.320 e. The number of carboxylic acids is 3. The normalized spacial score (nSPS) is 10.5. The van der Waals surface area contributed by atoms with E-state index in [1.165, 1.54) is 0 Å². The van der Waals surface area contributed by atoms with Gasteiger partial charge in [0.1, 0.15) is 6.04 Å². The second-order valence-electron chi connectivity index (χ2n) is 3.87. The van der Waals surface area contributed by atoms with Crippen molar-refractivity contribution in [1.82, 2.24) is 0 Å². The summed E-state index contributed by atoms with van der Waals surface area (Å²) in [5.41, 5.74) is 10.3. The Morgan fingerprint density at radius 1 is 0.900 bits per heavy atom. The molecule has 20 heavy (non-hydrogen) atoms. The Morgan fingerprint density at radius 2 is 1.30 bits per heavy atom. The predicted octanol–water partition coefficient (Wildman–Crippen LogP) is -0.971. The standard InChI is InChI=1S/C6H10O4.C5H12N2O2.H2O/c7-5(8)3-1-2-4-6(9)10;6-3-1-2-4(7)5(8)9;/h1-4H2,(H,7,8)(H,9,10);4H,1-3,6-7H2,(H,8,9);1H2. The molecule has 0 rings (SSSR count). The van der Waals surface area contributed by atoms with Crippen LogP contribution in [0.5, 0.6) is 0 Å². The van der Waals surface area contributed by atoms with Gasteiger partial charge in [0, 0.05) is 12.8 Å². The summed E-state index contributed by atoms with van der Waals surface area (Å²) in [7, 11) is 0. The van der Waals surface area contributed by atoms with Crippen molar-refractivity contribution in [1.29, 1.82) is 0 Å². The van der Waals surface area contributed by atoms with Crippen LogP contribution in [-0.2, 0) is 14.4 Å². The minimum atomic E-state index is -0.955. The zero-order valence-electron chi connectivity index (χ0n) is 11.2. The highest BCUT2D eigenvalue weighted by Gasteiger charge is 2.08. The average Bonchev–Trinajstić information content (AvgIpc) is 2.31. The van der Waals surface area contributed by atoms with Crippen molar-refractivity contribution in [2.24, 2.45) is 11.5 Å². The summed E-state index contributed by atoms with van der Waals surface area (Å²) < 4.78 is 0. The third kappa shape index (κ3) is 21.6. The molecule has 0 fully saturated rings. The van der Waals surface area contributed by atoms with E-state index in [0.29, 0.717) is 32.2 Å². The van der Waals surface area contributed by atoms with Crippen LogP contribution in [0.2, 0.25) is 0 Å². The van der Waals surface area contributed by atoms with Crippen LogP contribution in [-0.4, -0.2) is 51.3 Å². The van der Waals surface area contributed by atoms with Gasteiger partial charge in [0.15, 0.2) is 0 Å². The third-order valence-electron chi connectivity index (χ3n) is 2.07. The zero-order valence-corrected chi connectivity index (χ0v) is 11.2. The molecule has 0 radical (unpaired) electrons. The Bertz CT molecular complexity index is 268. The Hall–Kier alpha value is -1.71. The van der Waals surface area contributed by atoms with Crippen LogP contribution in [0, 0.1) is 0 Å². The first-order valence-corrected chi connectivity index (χ1v) is 5.93. The van der Waals surface area contributed by atoms with Crippen LogP contribution >= 0.6 is 0 Å². The molecule has 0 spiro atoms. The van der Waals surface area contributed by atoms with Gasteiger partial charge in [0.05, 0.1) is 0 Å². The third-order valence-corrected chi connectivity index (χ3v) is 2.07. The van der Waals surface area contributed by atoms with Crippen molar-refractivity contribution in [2.75, 3.05) is 6.54 Å². The second-order valence-corrected chi connectivity index (χ2v) is 3.87. The number of carboxylic acid groups (broad SMARTS) is 3. The number of hydrogen-bond donors (Lipinski definition) is 5. The number of hydrogen-bond acceptors (Lipinski definition) is 5. The van der Waals surface area contributed by atoms with Crippen molar-refractivity contribution >= 4 is 17.9 Å². The lowest BCUT2D eigenvalue weighted by Crippen LogP contribution is -2.30. The molecule has 0 aliphatic rings. The maximum atomic E-state index is 10.0. The average molecular weight is 296 g/mol. The SMILES string of the molecule is NCCCC(N)C(=O)O.O.O=C(O)CCCCC(=O)O. The van der Waals surface area contributed by atoms with Gasteiger partial charge in [-0.1, -0.05) is 0 Å². The molecule has 9 nitrogen and oxygen atoms in total. The van der Waals surface area contributed by atoms with Crippen molar-refractivity contribution < 1.29 is 35.2 Å². The minimum Gasteiger partial charge on any atom is -0.481 e. The van der Waals surface area contributed by atoms with E-state index >= 15 is 0 Å². The van der Waals surface area contributed by atoms with Crippen molar-refractivity contribution in [2.45, 2.75) is 44.6 Å². The first-order valence-electron chi connectivity index (χ1n) is 5.93. The molecule has 1 unspecified atom stereocenters. The molecule has 0 amide bonds. The van der Waals surface area contributed by atoms with E-state index in [0.717, 1.165) is 0 Å². The summed E-state index contributed by atoms with van der Waals surface area (Å²) in [4.78, 5) is 29.8. The zero-order chi connectivity index (χ0) is 15.3. The van der Waals surface area contributed by atoms with Crippen LogP contribution in [0.15, 0.2) is 0 Å². The van der Waals surface area contributed by atoms with E-state index in [-0.39, 0.29) is 18.3 Å². The Morgan fingerprint density at radius 3 is 1.55 bits per heavy atom. The fraction of sp³-hybridized carbons (Fsp3) is 0.727. The molecule has 0 aliphatic carbocycles. The first-order chi connectivity index (χ1) is 8.81. The summed E-state index contributed by atoms with van der Waals surface area (Å²) in [6.07, 6.45) is 2.16. The summed E-state index contributed by atoms with van der Waals surface area (Å²) in [5.74, 6) is -2.70. The fourth-order valence-corrected chi connectivity index (χ4v) is 1.01. The molecular formula is C11H24N2O7. The second kappa shape index (κ2) is 15.3. The van der Waals surface area contributed by atoms with Gasteiger partial charge in [-0.3, -0.25) is 14.4 Å². The summed E-state index contributed by atoms with van der Waals surface area (Å²) in [6, 6.07) is -0.742. The Labute approximate surface area is 116 Å². The van der Waals surface area contributed by atoms with Gasteiger partial charge in [-0.15, -0.1) is 0 Å². The highest BCUT2D eigenvalue weighted by atomic mass is 16.4. The number of nitrogens with two attached hydrogens (primary N) is 2. The summed E-state index contributed by atoms with van der Waals surface area (Å²) in [6.45, 7) is 0.501. The first kappa shape index (κ1) is 23.4. The van der Waals surface area contributed by atoms with E-state index in [9.17, 15) is 14.4 Å². The van der Waals surface area contributed by atoms with Crippen LogP contribution in [0.1, 0.15) is 38.5 Å². The number of carbonyl (C=O) groups is 3. The van der Waals surface area contributed by atoms with Crippen molar-refractivity contribution in [3.05, 3.63) is 0 Å². The quantitative estimate of drug-likeness (QED) is 0.335. The Balaban J connectivity index is -0.000000277. The van der Waals surface area contributed by atoms with E-state index in [4.69, 9.17) is 26.8 Å². The van der Waals surface area contributed by atoms with E-state index in [1.807, 2.05) is 0 Å². The molecular weight excluding hydrogens is 272 g/mol. The molecule has 0 aliphatic heterocycles. The largest absolute Gasteiger partial charge is 0.481 e. The highest BCUT2D eigenvalue weighted by Crippen LogP contribution is 1.98. The molecule has 0 bridgehead atoms. The lowest BCUT2D eigenvalue weighted by Gasteiger charge is -2.02. The summed E-state index contributed by atoms with van der Waals surface area (Å²) >= 11 is 0. The van der Waals surface area contributed by atoms with Crippen LogP contribution in [0.3, 0.4) is 0 Å². The monoisotopic (exact) mass is 296 g/mol. The Kier molecular flexibility index (Phi) is 17.9. The van der Waals surface area contributed by atoms with Gasteiger partial charge < -0.3 is 32.3 Å². The number of rotatable bonds is 9. The minimum absolute atomic E-state index is 0.